The van der Waals surface area contributed by atoms with Gasteiger partial charge in [-0.05, 0) is 0 Å². The van der Waals surface area contributed by atoms with Crippen molar-refractivity contribution in [2.45, 2.75) is 19.8 Å². The van der Waals surface area contributed by atoms with E-state index < -0.39 is 0 Å². The van der Waals surface area contributed by atoms with Crippen LogP contribution in [0.3, 0.4) is 0 Å². The Kier molecular flexibility index (Phi) is 2.68. The van der Waals surface area contributed by atoms with Gasteiger partial charge in [-0.25, -0.2) is 0 Å². The standard InChI is InChI=1S/C6H9ClN2O/c1-2-5-8-9-6(10-5)3-4-7/h2-4H2,1H3. The van der Waals surface area contributed by atoms with E-state index in [4.69, 9.17) is 16.0 Å². The Balaban J connectivity index is 2.59. The van der Waals surface area contributed by atoms with Crippen molar-refractivity contribution in [2.75, 3.05) is 5.88 Å². The molecule has 0 amide bonds. The van der Waals surface area contributed by atoms with Crippen molar-refractivity contribution in [3.05, 3.63) is 11.8 Å². The summed E-state index contributed by atoms with van der Waals surface area (Å²) in [6.07, 6.45) is 1.45. The molecule has 1 rings (SSSR count). The second kappa shape index (κ2) is 3.56. The smallest absolute Gasteiger partial charge is 0.217 e. The molecule has 0 aliphatic rings. The zero-order valence-corrected chi connectivity index (χ0v) is 6.56. The molecule has 1 aromatic heterocycles. The van der Waals surface area contributed by atoms with Crippen LogP contribution in [0.15, 0.2) is 4.42 Å². The maximum absolute atomic E-state index is 5.46. The molecule has 0 atom stereocenters. The second-order valence-electron chi connectivity index (χ2n) is 1.88. The average Bonchev–Trinajstić information content (AvgIpc) is 2.37. The first-order valence-corrected chi connectivity index (χ1v) is 3.77. The van der Waals surface area contributed by atoms with Crippen molar-refractivity contribution < 1.29 is 4.42 Å². The van der Waals surface area contributed by atoms with Crippen LogP contribution in [-0.4, -0.2) is 16.1 Å². The third-order valence-electron chi connectivity index (χ3n) is 1.12. The number of halogens is 1. The first-order chi connectivity index (χ1) is 4.86. The first-order valence-electron chi connectivity index (χ1n) is 3.24. The van der Waals surface area contributed by atoms with Crippen molar-refractivity contribution >= 4 is 11.6 Å². The quantitative estimate of drug-likeness (QED) is 0.628. The van der Waals surface area contributed by atoms with Crippen molar-refractivity contribution in [2.24, 2.45) is 0 Å². The fourth-order valence-electron chi connectivity index (χ4n) is 0.613. The number of alkyl halides is 1. The molecule has 0 spiro atoms. The van der Waals surface area contributed by atoms with Gasteiger partial charge in [0, 0.05) is 18.7 Å². The van der Waals surface area contributed by atoms with E-state index >= 15 is 0 Å². The van der Waals surface area contributed by atoms with Crippen LogP contribution in [0.4, 0.5) is 0 Å². The van der Waals surface area contributed by atoms with E-state index in [1.54, 1.807) is 0 Å². The molecule has 0 aliphatic carbocycles. The van der Waals surface area contributed by atoms with Gasteiger partial charge in [-0.15, -0.1) is 21.8 Å². The number of aromatic nitrogens is 2. The lowest BCUT2D eigenvalue weighted by Gasteiger charge is -1.84. The summed E-state index contributed by atoms with van der Waals surface area (Å²) in [5, 5.41) is 7.55. The lowest BCUT2D eigenvalue weighted by molar-refractivity contribution is 0.459. The monoisotopic (exact) mass is 160 g/mol. The van der Waals surface area contributed by atoms with Gasteiger partial charge in [-0.1, -0.05) is 6.92 Å². The van der Waals surface area contributed by atoms with E-state index in [1.807, 2.05) is 6.92 Å². The molecule has 0 unspecified atom stereocenters. The zero-order valence-electron chi connectivity index (χ0n) is 5.80. The maximum atomic E-state index is 5.46. The fraction of sp³-hybridized carbons (Fsp3) is 0.667. The van der Waals surface area contributed by atoms with Crippen LogP contribution in [0, 0.1) is 0 Å². The summed E-state index contributed by atoms with van der Waals surface area (Å²) < 4.78 is 5.17. The third-order valence-corrected chi connectivity index (χ3v) is 1.31. The van der Waals surface area contributed by atoms with Crippen LogP contribution in [0.5, 0.6) is 0 Å². The van der Waals surface area contributed by atoms with Crippen LogP contribution in [0.1, 0.15) is 18.7 Å². The number of hydrogen-bond donors (Lipinski definition) is 0. The normalized spacial score (nSPS) is 10.2. The summed E-state index contributed by atoms with van der Waals surface area (Å²) in [6.45, 7) is 1.97. The minimum Gasteiger partial charge on any atom is -0.425 e. The molecule has 56 valence electrons. The topological polar surface area (TPSA) is 38.9 Å². The second-order valence-corrected chi connectivity index (χ2v) is 2.26. The minimum absolute atomic E-state index is 0.533. The molecular formula is C6H9ClN2O. The zero-order chi connectivity index (χ0) is 7.40. The first kappa shape index (κ1) is 7.54. The molecule has 10 heavy (non-hydrogen) atoms. The number of nitrogens with zero attached hydrogens (tertiary/aromatic N) is 2. The Hall–Kier alpha value is -0.570. The Bertz CT molecular complexity index is 199. The van der Waals surface area contributed by atoms with Gasteiger partial charge in [0.05, 0.1) is 0 Å². The molecular weight excluding hydrogens is 152 g/mol. The maximum Gasteiger partial charge on any atom is 0.217 e. The highest BCUT2D eigenvalue weighted by Gasteiger charge is 2.01. The molecule has 4 heteroatoms. The molecule has 0 radical (unpaired) electrons. The molecule has 3 nitrogen and oxygen atoms in total. The summed E-state index contributed by atoms with van der Waals surface area (Å²) in [4.78, 5) is 0. The van der Waals surface area contributed by atoms with E-state index in [0.29, 0.717) is 24.1 Å². The van der Waals surface area contributed by atoms with Gasteiger partial charge in [0.15, 0.2) is 0 Å². The third kappa shape index (κ3) is 1.70. The Labute approximate surface area is 64.4 Å². The lowest BCUT2D eigenvalue weighted by atomic mass is 10.5. The molecule has 1 heterocycles. The van der Waals surface area contributed by atoms with Gasteiger partial charge >= 0.3 is 0 Å². The van der Waals surface area contributed by atoms with Gasteiger partial charge in [-0.2, -0.15) is 0 Å². The Morgan fingerprint density at radius 1 is 1.40 bits per heavy atom. The minimum atomic E-state index is 0.533. The number of hydrogen-bond acceptors (Lipinski definition) is 3. The van der Waals surface area contributed by atoms with Gasteiger partial charge in [-0.3, -0.25) is 0 Å². The molecule has 0 N–H and O–H groups in total. The number of aryl methyl sites for hydroxylation is 2. The summed E-state index contributed by atoms with van der Waals surface area (Å²) in [5.41, 5.74) is 0. The fourth-order valence-corrected chi connectivity index (χ4v) is 0.775. The molecule has 1 aromatic rings. The van der Waals surface area contributed by atoms with E-state index in [2.05, 4.69) is 10.2 Å². The van der Waals surface area contributed by atoms with Crippen molar-refractivity contribution in [3.63, 3.8) is 0 Å². The van der Waals surface area contributed by atoms with Gasteiger partial charge < -0.3 is 4.42 Å². The molecule has 0 saturated heterocycles. The van der Waals surface area contributed by atoms with Gasteiger partial charge in [0.25, 0.3) is 0 Å². The summed E-state index contributed by atoms with van der Waals surface area (Å²) in [6, 6.07) is 0. The lowest BCUT2D eigenvalue weighted by Crippen LogP contribution is -1.84. The molecule has 0 aliphatic heterocycles. The van der Waals surface area contributed by atoms with Crippen LogP contribution < -0.4 is 0 Å². The molecule has 0 fully saturated rings. The Morgan fingerprint density at radius 3 is 2.60 bits per heavy atom. The number of rotatable bonds is 3. The molecule has 0 bridgehead atoms. The SMILES string of the molecule is CCc1nnc(CCCl)o1. The van der Waals surface area contributed by atoms with Crippen LogP contribution in [-0.2, 0) is 12.8 Å². The van der Waals surface area contributed by atoms with Crippen molar-refractivity contribution in [1.82, 2.24) is 10.2 Å². The molecule has 0 aromatic carbocycles. The highest BCUT2D eigenvalue weighted by atomic mass is 35.5. The van der Waals surface area contributed by atoms with Crippen LogP contribution in [0.25, 0.3) is 0 Å². The summed E-state index contributed by atoms with van der Waals surface area (Å²) in [5.74, 6) is 1.85. The average molecular weight is 161 g/mol. The Morgan fingerprint density at radius 2 is 2.10 bits per heavy atom. The van der Waals surface area contributed by atoms with Gasteiger partial charge in [0.2, 0.25) is 11.8 Å². The van der Waals surface area contributed by atoms with Crippen molar-refractivity contribution in [3.8, 4) is 0 Å². The van der Waals surface area contributed by atoms with Crippen LogP contribution in [0.2, 0.25) is 0 Å². The summed E-state index contributed by atoms with van der Waals surface area (Å²) in [7, 11) is 0. The highest BCUT2D eigenvalue weighted by Crippen LogP contribution is 2.01. The van der Waals surface area contributed by atoms with Gasteiger partial charge in [0.1, 0.15) is 0 Å². The summed E-state index contributed by atoms with van der Waals surface area (Å²) >= 11 is 5.46. The molecule has 0 saturated carbocycles. The predicted molar refractivity (Wildman–Crippen MR) is 38.1 cm³/mol. The van der Waals surface area contributed by atoms with Crippen LogP contribution >= 0.6 is 11.6 Å². The van der Waals surface area contributed by atoms with E-state index in [1.165, 1.54) is 0 Å². The van der Waals surface area contributed by atoms with E-state index in [0.717, 1.165) is 6.42 Å². The van der Waals surface area contributed by atoms with E-state index in [-0.39, 0.29) is 0 Å². The predicted octanol–water partition coefficient (Wildman–Crippen LogP) is 1.41. The largest absolute Gasteiger partial charge is 0.425 e. The van der Waals surface area contributed by atoms with Crippen molar-refractivity contribution in [1.29, 1.82) is 0 Å². The highest BCUT2D eigenvalue weighted by molar-refractivity contribution is 6.17. The van der Waals surface area contributed by atoms with E-state index in [9.17, 15) is 0 Å².